The summed E-state index contributed by atoms with van der Waals surface area (Å²) in [6.07, 6.45) is 1.72. The van der Waals surface area contributed by atoms with Crippen molar-refractivity contribution in [3.63, 3.8) is 0 Å². The lowest BCUT2D eigenvalue weighted by Crippen LogP contribution is -2.38. The number of carbonyl (C=O) groups is 1. The minimum atomic E-state index is -1.08. The van der Waals surface area contributed by atoms with Crippen LogP contribution >= 0.6 is 23.6 Å². The Bertz CT molecular complexity index is 702. The molecule has 0 aliphatic heterocycles. The van der Waals surface area contributed by atoms with Crippen LogP contribution < -0.4 is 5.73 Å². The van der Waals surface area contributed by atoms with Crippen molar-refractivity contribution in [3.8, 4) is 10.7 Å². The molecule has 8 heteroatoms. The third kappa shape index (κ3) is 2.97. The molecule has 6 nitrogen and oxygen atoms in total. The molecule has 2 aromatic heterocycles. The van der Waals surface area contributed by atoms with E-state index in [0.717, 1.165) is 4.88 Å². The molecule has 0 amide bonds. The van der Waals surface area contributed by atoms with Gasteiger partial charge in [-0.1, -0.05) is 12.1 Å². The zero-order valence-corrected chi connectivity index (χ0v) is 13.1. The lowest BCUT2D eigenvalue weighted by Gasteiger charge is -2.15. The zero-order chi connectivity index (χ0) is 15.6. The van der Waals surface area contributed by atoms with Gasteiger partial charge in [0.2, 0.25) is 0 Å². The fourth-order valence-corrected chi connectivity index (χ4v) is 3.00. The highest BCUT2D eigenvalue weighted by atomic mass is 32.1. The molecule has 0 bridgehead atoms. The van der Waals surface area contributed by atoms with Crippen molar-refractivity contribution < 1.29 is 9.90 Å². The number of carboxylic acid groups (broad SMARTS) is 1. The molecule has 2 heterocycles. The minimum Gasteiger partial charge on any atom is -0.480 e. The van der Waals surface area contributed by atoms with Crippen LogP contribution in [0.25, 0.3) is 10.7 Å². The number of aliphatic carboxylic acids is 1. The van der Waals surface area contributed by atoms with Crippen molar-refractivity contribution in [3.05, 3.63) is 34.9 Å². The molecule has 0 fully saturated rings. The van der Waals surface area contributed by atoms with Gasteiger partial charge in [0, 0.05) is 6.54 Å². The quantitative estimate of drug-likeness (QED) is 0.629. The Kier molecular flexibility index (Phi) is 4.71. The van der Waals surface area contributed by atoms with Crippen LogP contribution in [0.4, 0.5) is 0 Å². The molecule has 0 spiro atoms. The monoisotopic (exact) mass is 324 g/mol. The first-order valence-electron chi connectivity index (χ1n) is 6.30. The summed E-state index contributed by atoms with van der Waals surface area (Å²) in [5.41, 5.74) is 5.68. The second kappa shape index (κ2) is 6.33. The van der Waals surface area contributed by atoms with Gasteiger partial charge < -0.3 is 10.8 Å². The van der Waals surface area contributed by atoms with Crippen molar-refractivity contribution in [2.75, 3.05) is 0 Å². The predicted molar refractivity (Wildman–Crippen MR) is 84.9 cm³/mol. The van der Waals surface area contributed by atoms with Crippen molar-refractivity contribution in [1.82, 2.24) is 14.3 Å². The highest BCUT2D eigenvalue weighted by Crippen LogP contribution is 2.25. The van der Waals surface area contributed by atoms with E-state index in [1.165, 1.54) is 16.0 Å². The van der Waals surface area contributed by atoms with Crippen LogP contribution in [0.5, 0.6) is 0 Å². The number of nitrogens with two attached hydrogens (primary N) is 1. The Morgan fingerprint density at radius 3 is 2.95 bits per heavy atom. The standard InChI is InChI=1S/C13H16N4O2S2/c1-3-6-16-11(9-5-4-7-21-9)15-17(13(16)20)8(2)10(14)12(18)19/h3-5,7-8,10H,1,6,14H2,2H3,(H,18,19)/t8-,10-/m0/s1. The predicted octanol–water partition coefficient (Wildman–Crippen LogP) is 2.30. The van der Waals surface area contributed by atoms with Gasteiger partial charge in [-0.2, -0.15) is 5.10 Å². The fraction of sp³-hybridized carbons (Fsp3) is 0.308. The summed E-state index contributed by atoms with van der Waals surface area (Å²) in [4.78, 5) is 12.0. The van der Waals surface area contributed by atoms with E-state index in [1.54, 1.807) is 13.0 Å². The van der Waals surface area contributed by atoms with E-state index in [0.29, 0.717) is 17.1 Å². The van der Waals surface area contributed by atoms with Gasteiger partial charge in [-0.25, -0.2) is 4.68 Å². The van der Waals surface area contributed by atoms with Crippen LogP contribution in [-0.2, 0) is 11.3 Å². The van der Waals surface area contributed by atoms with Crippen molar-refractivity contribution in [1.29, 1.82) is 0 Å². The summed E-state index contributed by atoms with van der Waals surface area (Å²) in [6.45, 7) is 5.91. The van der Waals surface area contributed by atoms with E-state index < -0.39 is 18.1 Å². The van der Waals surface area contributed by atoms with Crippen molar-refractivity contribution in [2.45, 2.75) is 25.6 Å². The second-order valence-corrected chi connectivity index (χ2v) is 5.84. The summed E-state index contributed by atoms with van der Waals surface area (Å²) in [6, 6.07) is 2.25. The van der Waals surface area contributed by atoms with Crippen LogP contribution in [0.1, 0.15) is 13.0 Å². The summed E-state index contributed by atoms with van der Waals surface area (Å²) in [5, 5.41) is 15.5. The number of aromatic nitrogens is 3. The van der Waals surface area contributed by atoms with Crippen LogP contribution in [0, 0.1) is 4.77 Å². The fourth-order valence-electron chi connectivity index (χ4n) is 1.92. The maximum absolute atomic E-state index is 11.1. The van der Waals surface area contributed by atoms with Gasteiger partial charge in [0.1, 0.15) is 6.04 Å². The SMILES string of the molecule is C=CCn1c(-c2cccs2)nn([C@@H](C)[C@H](N)C(=O)O)c1=S. The van der Waals surface area contributed by atoms with Gasteiger partial charge in [0.05, 0.1) is 10.9 Å². The van der Waals surface area contributed by atoms with Gasteiger partial charge in [-0.05, 0) is 30.6 Å². The summed E-state index contributed by atoms with van der Waals surface area (Å²) < 4.78 is 3.74. The second-order valence-electron chi connectivity index (χ2n) is 4.53. The Morgan fingerprint density at radius 2 is 2.43 bits per heavy atom. The number of thiophene rings is 1. The Morgan fingerprint density at radius 1 is 1.71 bits per heavy atom. The van der Waals surface area contributed by atoms with Crippen molar-refractivity contribution in [2.24, 2.45) is 5.73 Å². The van der Waals surface area contributed by atoms with Gasteiger partial charge in [0.25, 0.3) is 0 Å². The molecule has 2 atom stereocenters. The largest absolute Gasteiger partial charge is 0.480 e. The molecule has 2 aromatic rings. The number of rotatable bonds is 6. The van der Waals surface area contributed by atoms with E-state index in [1.807, 2.05) is 22.1 Å². The first-order valence-corrected chi connectivity index (χ1v) is 7.58. The van der Waals surface area contributed by atoms with E-state index in [2.05, 4.69) is 11.7 Å². The lowest BCUT2D eigenvalue weighted by molar-refractivity contribution is -0.139. The van der Waals surface area contributed by atoms with Crippen LogP contribution in [0.3, 0.4) is 0 Å². The number of carboxylic acids is 1. The van der Waals surface area contributed by atoms with E-state index in [9.17, 15) is 4.79 Å². The normalized spacial score (nSPS) is 13.8. The molecule has 2 rings (SSSR count). The molecular formula is C13H16N4O2S2. The Labute approximate surface area is 131 Å². The number of allylic oxidation sites excluding steroid dienone is 1. The van der Waals surface area contributed by atoms with E-state index in [-0.39, 0.29) is 0 Å². The molecule has 3 N–H and O–H groups in total. The van der Waals surface area contributed by atoms with Crippen molar-refractivity contribution >= 4 is 29.5 Å². The topological polar surface area (TPSA) is 86.1 Å². The molecule has 0 unspecified atom stereocenters. The molecule has 0 aliphatic rings. The molecule has 21 heavy (non-hydrogen) atoms. The third-order valence-electron chi connectivity index (χ3n) is 3.13. The Balaban J connectivity index is 2.54. The summed E-state index contributed by atoms with van der Waals surface area (Å²) in [7, 11) is 0. The summed E-state index contributed by atoms with van der Waals surface area (Å²) >= 11 is 6.95. The molecule has 0 saturated carbocycles. The van der Waals surface area contributed by atoms with Crippen LogP contribution in [-0.4, -0.2) is 31.5 Å². The summed E-state index contributed by atoms with van der Waals surface area (Å²) in [5.74, 6) is -0.389. The van der Waals surface area contributed by atoms with Gasteiger partial charge in [-0.15, -0.1) is 17.9 Å². The van der Waals surface area contributed by atoms with Gasteiger partial charge in [0.15, 0.2) is 10.6 Å². The van der Waals surface area contributed by atoms with Crippen LogP contribution in [0.2, 0.25) is 0 Å². The molecule has 0 saturated heterocycles. The average Bonchev–Trinajstić information content (AvgIpc) is 3.07. The first-order chi connectivity index (χ1) is 9.97. The molecular weight excluding hydrogens is 308 g/mol. The first kappa shape index (κ1) is 15.6. The number of hydrogen-bond donors (Lipinski definition) is 2. The molecule has 0 aromatic carbocycles. The molecule has 0 radical (unpaired) electrons. The highest BCUT2D eigenvalue weighted by molar-refractivity contribution is 7.71. The van der Waals surface area contributed by atoms with Gasteiger partial charge in [-0.3, -0.25) is 9.36 Å². The zero-order valence-electron chi connectivity index (χ0n) is 11.5. The minimum absolute atomic E-state index is 0.433. The number of hydrogen-bond acceptors (Lipinski definition) is 5. The Hall–Kier alpha value is -1.77. The van der Waals surface area contributed by atoms with Gasteiger partial charge >= 0.3 is 5.97 Å². The average molecular weight is 324 g/mol. The number of nitrogens with zero attached hydrogens (tertiary/aromatic N) is 3. The maximum atomic E-state index is 11.1. The van der Waals surface area contributed by atoms with E-state index >= 15 is 0 Å². The lowest BCUT2D eigenvalue weighted by atomic mass is 10.1. The molecule has 112 valence electrons. The maximum Gasteiger partial charge on any atom is 0.322 e. The smallest absolute Gasteiger partial charge is 0.322 e. The highest BCUT2D eigenvalue weighted by Gasteiger charge is 2.25. The third-order valence-corrected chi connectivity index (χ3v) is 4.40. The van der Waals surface area contributed by atoms with Crippen LogP contribution in [0.15, 0.2) is 30.2 Å². The molecule has 0 aliphatic carbocycles. The van der Waals surface area contributed by atoms with E-state index in [4.69, 9.17) is 23.1 Å².